The standard InChI is InChI=1S/C26H25NO7/c28-17-18-32-22-14-8-7-13-21(22)25(34-26(31)27-19-9-3-1-4-10-19)23(15-16-24(29)30)33-20-11-5-2-6-12-20/h1-16,23,25,28H,17-18H2,(H,27,31)(H,29,30)/b16-15+/t23-,25-/m0/s1. The van der Waals surface area contributed by atoms with Crippen molar-refractivity contribution in [2.75, 3.05) is 18.5 Å². The number of aliphatic carboxylic acids is 1. The lowest BCUT2D eigenvalue weighted by molar-refractivity contribution is -0.131. The van der Waals surface area contributed by atoms with Gasteiger partial charge in [0.25, 0.3) is 0 Å². The lowest BCUT2D eigenvalue weighted by Gasteiger charge is -2.27. The Balaban J connectivity index is 1.98. The lowest BCUT2D eigenvalue weighted by atomic mass is 10.0. The van der Waals surface area contributed by atoms with Gasteiger partial charge in [0, 0.05) is 17.3 Å². The number of ether oxygens (including phenoxy) is 3. The highest BCUT2D eigenvalue weighted by molar-refractivity contribution is 5.84. The second-order valence-electron chi connectivity index (χ2n) is 7.02. The topological polar surface area (TPSA) is 114 Å². The number of aliphatic hydroxyl groups is 1. The van der Waals surface area contributed by atoms with E-state index in [0.29, 0.717) is 22.7 Å². The molecule has 3 aromatic carbocycles. The molecule has 0 unspecified atom stereocenters. The van der Waals surface area contributed by atoms with Crippen LogP contribution in [0.15, 0.2) is 97.1 Å². The van der Waals surface area contributed by atoms with E-state index in [4.69, 9.17) is 14.2 Å². The Morgan fingerprint density at radius 3 is 2.24 bits per heavy atom. The molecule has 2 atom stereocenters. The molecule has 3 N–H and O–H groups in total. The van der Waals surface area contributed by atoms with Crippen LogP contribution in [0.1, 0.15) is 11.7 Å². The first-order valence-corrected chi connectivity index (χ1v) is 10.5. The van der Waals surface area contributed by atoms with Crippen molar-refractivity contribution in [3.05, 3.63) is 103 Å². The average Bonchev–Trinajstić information content (AvgIpc) is 2.85. The van der Waals surface area contributed by atoms with Crippen LogP contribution in [-0.2, 0) is 9.53 Å². The van der Waals surface area contributed by atoms with Crippen LogP contribution in [0.3, 0.4) is 0 Å². The minimum atomic E-state index is -1.18. The zero-order chi connectivity index (χ0) is 24.2. The third-order valence-electron chi connectivity index (χ3n) is 4.57. The van der Waals surface area contributed by atoms with Crippen LogP contribution in [-0.4, -0.2) is 41.6 Å². The molecule has 0 fully saturated rings. The minimum absolute atomic E-state index is 0.0229. The van der Waals surface area contributed by atoms with Crippen LogP contribution in [0.4, 0.5) is 10.5 Å². The Kier molecular flexibility index (Phi) is 9.07. The zero-order valence-electron chi connectivity index (χ0n) is 18.2. The van der Waals surface area contributed by atoms with Crippen molar-refractivity contribution >= 4 is 17.7 Å². The van der Waals surface area contributed by atoms with Gasteiger partial charge in [0.15, 0.2) is 12.2 Å². The third-order valence-corrected chi connectivity index (χ3v) is 4.57. The molecule has 3 aromatic rings. The maximum absolute atomic E-state index is 12.8. The second-order valence-corrected chi connectivity index (χ2v) is 7.02. The van der Waals surface area contributed by atoms with Crippen molar-refractivity contribution in [1.29, 1.82) is 0 Å². The van der Waals surface area contributed by atoms with Crippen LogP contribution in [0.25, 0.3) is 0 Å². The first-order valence-electron chi connectivity index (χ1n) is 10.5. The molecule has 176 valence electrons. The molecule has 1 amide bonds. The van der Waals surface area contributed by atoms with Crippen molar-refractivity contribution in [3.63, 3.8) is 0 Å². The van der Waals surface area contributed by atoms with Gasteiger partial charge in [0.1, 0.15) is 18.1 Å². The molecule has 0 bridgehead atoms. The fourth-order valence-corrected chi connectivity index (χ4v) is 3.13. The summed E-state index contributed by atoms with van der Waals surface area (Å²) in [5.74, 6) is -0.369. The van der Waals surface area contributed by atoms with Crippen molar-refractivity contribution in [3.8, 4) is 11.5 Å². The van der Waals surface area contributed by atoms with Gasteiger partial charge in [0.05, 0.1) is 6.61 Å². The number of aliphatic hydroxyl groups excluding tert-OH is 1. The fraction of sp³-hybridized carbons (Fsp3) is 0.154. The Hall–Kier alpha value is -4.30. The van der Waals surface area contributed by atoms with Gasteiger partial charge >= 0.3 is 12.1 Å². The normalized spacial score (nSPS) is 12.5. The molecule has 0 heterocycles. The number of carbonyl (C=O) groups is 2. The van der Waals surface area contributed by atoms with E-state index in [9.17, 15) is 19.8 Å². The van der Waals surface area contributed by atoms with Gasteiger partial charge in [-0.1, -0.05) is 54.6 Å². The summed E-state index contributed by atoms with van der Waals surface area (Å²) >= 11 is 0. The maximum atomic E-state index is 12.8. The molecule has 0 saturated heterocycles. The Bertz CT molecular complexity index is 1090. The van der Waals surface area contributed by atoms with Crippen molar-refractivity contribution in [1.82, 2.24) is 0 Å². The number of nitrogens with one attached hydrogen (secondary N) is 1. The smallest absolute Gasteiger partial charge is 0.412 e. The zero-order valence-corrected chi connectivity index (χ0v) is 18.2. The molecule has 0 spiro atoms. The van der Waals surface area contributed by atoms with E-state index in [-0.39, 0.29) is 13.2 Å². The van der Waals surface area contributed by atoms with E-state index in [2.05, 4.69) is 5.32 Å². The highest BCUT2D eigenvalue weighted by Gasteiger charge is 2.30. The number of rotatable bonds is 11. The highest BCUT2D eigenvalue weighted by atomic mass is 16.6. The molecule has 0 aliphatic heterocycles. The number of carbonyl (C=O) groups excluding carboxylic acids is 1. The molecule has 8 nitrogen and oxygen atoms in total. The SMILES string of the molecule is O=C(O)/C=C/[C@H](Oc1ccccc1)[C@@H](OC(=O)Nc1ccccc1)c1ccccc1OCCO. The number of hydrogen-bond acceptors (Lipinski definition) is 6. The second kappa shape index (κ2) is 12.7. The van der Waals surface area contributed by atoms with Gasteiger partial charge < -0.3 is 24.4 Å². The summed E-state index contributed by atoms with van der Waals surface area (Å²) in [5, 5.41) is 21.1. The van der Waals surface area contributed by atoms with Crippen molar-refractivity contribution in [2.45, 2.75) is 12.2 Å². The number of hydrogen-bond donors (Lipinski definition) is 3. The number of carboxylic acids is 1. The highest BCUT2D eigenvalue weighted by Crippen LogP contribution is 2.33. The van der Waals surface area contributed by atoms with Crippen LogP contribution < -0.4 is 14.8 Å². The summed E-state index contributed by atoms with van der Waals surface area (Å²) in [7, 11) is 0. The summed E-state index contributed by atoms with van der Waals surface area (Å²) in [6.45, 7) is -0.188. The predicted molar refractivity (Wildman–Crippen MR) is 126 cm³/mol. The van der Waals surface area contributed by atoms with E-state index in [1.807, 2.05) is 12.1 Å². The lowest BCUT2D eigenvalue weighted by Crippen LogP contribution is -2.30. The number of anilines is 1. The first kappa shape index (κ1) is 24.3. The van der Waals surface area contributed by atoms with Gasteiger partial charge in [-0.15, -0.1) is 0 Å². The van der Waals surface area contributed by atoms with Gasteiger partial charge in [-0.2, -0.15) is 0 Å². The maximum Gasteiger partial charge on any atom is 0.412 e. The molecule has 0 aliphatic carbocycles. The minimum Gasteiger partial charge on any atom is -0.491 e. The third kappa shape index (κ3) is 7.39. The van der Waals surface area contributed by atoms with Gasteiger partial charge in [0.2, 0.25) is 0 Å². The first-order chi connectivity index (χ1) is 16.6. The molecule has 34 heavy (non-hydrogen) atoms. The molecule has 0 radical (unpaired) electrons. The Labute approximate surface area is 197 Å². The number of para-hydroxylation sites is 3. The monoisotopic (exact) mass is 463 g/mol. The Morgan fingerprint density at radius 2 is 1.56 bits per heavy atom. The predicted octanol–water partition coefficient (Wildman–Crippen LogP) is 4.44. The molecule has 8 heteroatoms. The fourth-order valence-electron chi connectivity index (χ4n) is 3.13. The van der Waals surface area contributed by atoms with E-state index < -0.39 is 24.3 Å². The summed E-state index contributed by atoms with van der Waals surface area (Å²) in [6, 6.07) is 24.3. The molecule has 0 aromatic heterocycles. The Morgan fingerprint density at radius 1 is 0.912 bits per heavy atom. The van der Waals surface area contributed by atoms with Gasteiger partial charge in [-0.3, -0.25) is 5.32 Å². The van der Waals surface area contributed by atoms with Crippen LogP contribution in [0.5, 0.6) is 11.5 Å². The summed E-state index contributed by atoms with van der Waals surface area (Å²) in [5.41, 5.74) is 0.966. The van der Waals surface area contributed by atoms with E-state index in [0.717, 1.165) is 6.08 Å². The van der Waals surface area contributed by atoms with Gasteiger partial charge in [-0.05, 0) is 36.4 Å². The van der Waals surface area contributed by atoms with Crippen LogP contribution >= 0.6 is 0 Å². The van der Waals surface area contributed by atoms with E-state index in [1.54, 1.807) is 72.8 Å². The molecular weight excluding hydrogens is 438 g/mol. The van der Waals surface area contributed by atoms with Gasteiger partial charge in [-0.25, -0.2) is 9.59 Å². The molecule has 3 rings (SSSR count). The molecule has 0 aliphatic rings. The van der Waals surface area contributed by atoms with Crippen molar-refractivity contribution in [2.24, 2.45) is 0 Å². The summed E-state index contributed by atoms with van der Waals surface area (Å²) < 4.78 is 17.4. The van der Waals surface area contributed by atoms with Crippen LogP contribution in [0.2, 0.25) is 0 Å². The van der Waals surface area contributed by atoms with E-state index >= 15 is 0 Å². The number of amides is 1. The average molecular weight is 463 g/mol. The summed E-state index contributed by atoms with van der Waals surface area (Å²) in [4.78, 5) is 24.1. The number of carboxylic acid groups (broad SMARTS) is 1. The molecule has 0 saturated carbocycles. The van der Waals surface area contributed by atoms with Crippen molar-refractivity contribution < 1.29 is 34.0 Å². The van der Waals surface area contributed by atoms with Crippen LogP contribution in [0, 0.1) is 0 Å². The largest absolute Gasteiger partial charge is 0.491 e. The quantitative estimate of drug-likeness (QED) is 0.360. The van der Waals surface area contributed by atoms with E-state index in [1.165, 1.54) is 6.08 Å². The number of benzene rings is 3. The molecular formula is C26H25NO7. The summed E-state index contributed by atoms with van der Waals surface area (Å²) in [6.07, 6.45) is -0.638.